The molecule has 1 N–H and O–H groups in total. The van der Waals surface area contributed by atoms with E-state index in [0.717, 1.165) is 24.0 Å². The van der Waals surface area contributed by atoms with Gasteiger partial charge in [-0.3, -0.25) is 0 Å². The summed E-state index contributed by atoms with van der Waals surface area (Å²) in [5.41, 5.74) is 2.07. The number of hydrogen-bond acceptors (Lipinski definition) is 1. The molecule has 1 nitrogen and oxygen atoms in total. The van der Waals surface area contributed by atoms with Crippen molar-refractivity contribution >= 4 is 13.9 Å². The van der Waals surface area contributed by atoms with Gasteiger partial charge >= 0.3 is 6.18 Å². The van der Waals surface area contributed by atoms with Crippen LogP contribution in [-0.2, 0) is 17.8 Å². The monoisotopic (exact) mass is 422 g/mol. The third-order valence-electron chi connectivity index (χ3n) is 6.67. The lowest BCUT2D eigenvalue weighted by atomic mass is 9.89. The van der Waals surface area contributed by atoms with Crippen LogP contribution in [0.4, 0.5) is 13.2 Å². The van der Waals surface area contributed by atoms with Gasteiger partial charge in [-0.05, 0) is 60.5 Å². The zero-order valence-corrected chi connectivity index (χ0v) is 18.6. The van der Waals surface area contributed by atoms with Crippen molar-refractivity contribution < 1.29 is 18.3 Å². The molecule has 0 bridgehead atoms. The van der Waals surface area contributed by atoms with Gasteiger partial charge in [-0.25, -0.2) is 0 Å². The third-order valence-corrected chi connectivity index (χ3v) is 8.76. The van der Waals surface area contributed by atoms with Crippen molar-refractivity contribution in [1.82, 2.24) is 0 Å². The third kappa shape index (κ3) is 4.48. The Morgan fingerprint density at radius 2 is 1.66 bits per heavy atom. The quantitative estimate of drug-likeness (QED) is 0.473. The zero-order valence-electron chi connectivity index (χ0n) is 17.6. The molecule has 3 rings (SSSR count). The van der Waals surface area contributed by atoms with Gasteiger partial charge in [-0.2, -0.15) is 13.2 Å². The maximum Gasteiger partial charge on any atom is 0.417 e. The molecule has 0 aromatic heterocycles. The van der Waals surface area contributed by atoms with Crippen molar-refractivity contribution in [1.29, 1.82) is 0 Å². The largest absolute Gasteiger partial charge is 0.507 e. The van der Waals surface area contributed by atoms with E-state index in [1.54, 1.807) is 13.0 Å². The number of aryl methyl sites for hydroxylation is 1. The number of para-hydroxylation sites is 1. The normalized spacial score (nSPS) is 18.2. The summed E-state index contributed by atoms with van der Waals surface area (Å²) in [4.78, 5) is 0. The summed E-state index contributed by atoms with van der Waals surface area (Å²) in [6.45, 7) is 7.88. The Kier molecular flexibility index (Phi) is 6.07. The average molecular weight is 422 g/mol. The van der Waals surface area contributed by atoms with E-state index in [4.69, 9.17) is 0 Å². The average Bonchev–Trinajstić information content (AvgIpc) is 3.44. The Balaban J connectivity index is 2.02. The fourth-order valence-electron chi connectivity index (χ4n) is 4.11. The molecule has 0 amide bonds. The van der Waals surface area contributed by atoms with Gasteiger partial charge in [0.2, 0.25) is 0 Å². The van der Waals surface area contributed by atoms with Crippen LogP contribution < -0.4 is 5.30 Å². The highest BCUT2D eigenvalue weighted by atomic mass is 31.1. The van der Waals surface area contributed by atoms with Gasteiger partial charge in [0.15, 0.2) is 0 Å². The zero-order chi connectivity index (χ0) is 21.4. The van der Waals surface area contributed by atoms with Gasteiger partial charge in [0.05, 0.1) is 5.56 Å². The lowest BCUT2D eigenvalue weighted by Crippen LogP contribution is -2.25. The Hall–Kier alpha value is -1.54. The standard InChI is InChI=1S/C24H30F3OP/c1-5-22(4,29-21-16(3)9-7-12-19(21)24(25,26)27)18-11-8-10-17(20(18)28)15-23(6-2)13-14-23/h7-12,28-29H,5-6,13-15H2,1-4H3. The molecule has 0 spiro atoms. The highest BCUT2D eigenvalue weighted by Gasteiger charge is 2.42. The molecule has 2 aromatic rings. The van der Waals surface area contributed by atoms with Gasteiger partial charge in [0, 0.05) is 10.7 Å². The van der Waals surface area contributed by atoms with E-state index in [1.807, 2.05) is 32.0 Å². The molecule has 2 atom stereocenters. The second-order valence-electron chi connectivity index (χ2n) is 8.65. The Bertz CT molecular complexity index is 886. The summed E-state index contributed by atoms with van der Waals surface area (Å²) in [6.07, 6.45) is 0.543. The van der Waals surface area contributed by atoms with E-state index in [2.05, 4.69) is 6.92 Å². The molecule has 1 aliphatic rings. The molecule has 2 unspecified atom stereocenters. The van der Waals surface area contributed by atoms with Crippen molar-refractivity contribution in [2.75, 3.05) is 0 Å². The second-order valence-corrected chi connectivity index (χ2v) is 10.5. The van der Waals surface area contributed by atoms with E-state index in [-0.39, 0.29) is 14.3 Å². The molecule has 1 aliphatic carbocycles. The van der Waals surface area contributed by atoms with E-state index >= 15 is 0 Å². The summed E-state index contributed by atoms with van der Waals surface area (Å²) in [6, 6.07) is 10.2. The summed E-state index contributed by atoms with van der Waals surface area (Å²) < 4.78 is 40.9. The number of rotatable bonds is 7. The number of hydrogen-bond donors (Lipinski definition) is 1. The molecule has 29 heavy (non-hydrogen) atoms. The van der Waals surface area contributed by atoms with Crippen LogP contribution in [0.2, 0.25) is 0 Å². The molecular formula is C24H30F3OP. The van der Waals surface area contributed by atoms with E-state index in [0.29, 0.717) is 22.7 Å². The summed E-state index contributed by atoms with van der Waals surface area (Å²) >= 11 is 0. The van der Waals surface area contributed by atoms with Crippen LogP contribution in [0.15, 0.2) is 36.4 Å². The van der Waals surface area contributed by atoms with Gasteiger partial charge in [-0.1, -0.05) is 66.1 Å². The molecule has 0 saturated heterocycles. The number of halogens is 3. The highest BCUT2D eigenvalue weighted by Crippen LogP contribution is 2.54. The van der Waals surface area contributed by atoms with Crippen LogP contribution in [0.25, 0.3) is 0 Å². The molecule has 1 fully saturated rings. The maximum absolute atomic E-state index is 13.6. The van der Waals surface area contributed by atoms with Gasteiger partial charge in [0.1, 0.15) is 5.75 Å². The van der Waals surface area contributed by atoms with Crippen molar-refractivity contribution in [3.63, 3.8) is 0 Å². The minimum absolute atomic E-state index is 0.0861. The summed E-state index contributed by atoms with van der Waals surface area (Å²) in [7, 11) is -0.0861. The molecular weight excluding hydrogens is 392 g/mol. The number of phenols is 1. The van der Waals surface area contributed by atoms with Gasteiger partial charge in [-0.15, -0.1) is 0 Å². The highest BCUT2D eigenvalue weighted by molar-refractivity contribution is 7.48. The van der Waals surface area contributed by atoms with Crippen molar-refractivity contribution in [3.8, 4) is 5.75 Å². The fraction of sp³-hybridized carbons (Fsp3) is 0.500. The van der Waals surface area contributed by atoms with Crippen LogP contribution in [0, 0.1) is 12.3 Å². The van der Waals surface area contributed by atoms with Crippen LogP contribution >= 0.6 is 8.58 Å². The smallest absolute Gasteiger partial charge is 0.417 e. The van der Waals surface area contributed by atoms with Crippen molar-refractivity contribution in [3.05, 3.63) is 58.7 Å². The maximum atomic E-state index is 13.6. The first kappa shape index (κ1) is 22.2. The molecule has 0 radical (unpaired) electrons. The molecule has 2 aromatic carbocycles. The molecule has 1 saturated carbocycles. The van der Waals surface area contributed by atoms with Crippen LogP contribution in [0.3, 0.4) is 0 Å². The molecule has 0 heterocycles. The Morgan fingerprint density at radius 1 is 1.03 bits per heavy atom. The van der Waals surface area contributed by atoms with Gasteiger partial charge < -0.3 is 5.11 Å². The van der Waals surface area contributed by atoms with E-state index in [1.165, 1.54) is 25.0 Å². The SMILES string of the molecule is CCC1(Cc2cccc(C(C)(CC)Pc3c(C)cccc3C(F)(F)F)c2O)CC1. The van der Waals surface area contributed by atoms with Crippen LogP contribution in [0.5, 0.6) is 5.75 Å². The second kappa shape index (κ2) is 7.95. The first-order chi connectivity index (χ1) is 13.6. The van der Waals surface area contributed by atoms with Crippen molar-refractivity contribution in [2.45, 2.75) is 71.1 Å². The lowest BCUT2D eigenvalue weighted by molar-refractivity contribution is -0.136. The van der Waals surface area contributed by atoms with Crippen LogP contribution in [-0.4, -0.2) is 5.11 Å². The Labute approximate surface area is 173 Å². The summed E-state index contributed by atoms with van der Waals surface area (Å²) in [5, 5.41) is 10.9. The predicted molar refractivity (Wildman–Crippen MR) is 116 cm³/mol. The number of aromatic hydroxyl groups is 1. The van der Waals surface area contributed by atoms with Gasteiger partial charge in [0.25, 0.3) is 0 Å². The first-order valence-corrected chi connectivity index (χ1v) is 11.3. The number of benzene rings is 2. The predicted octanol–water partition coefficient (Wildman–Crippen LogP) is 7.08. The molecule has 0 aliphatic heterocycles. The molecule has 158 valence electrons. The Morgan fingerprint density at radius 3 is 2.21 bits per heavy atom. The lowest BCUT2D eigenvalue weighted by Gasteiger charge is -2.32. The topological polar surface area (TPSA) is 20.2 Å². The number of alkyl halides is 3. The van der Waals surface area contributed by atoms with E-state index < -0.39 is 16.9 Å². The van der Waals surface area contributed by atoms with Crippen molar-refractivity contribution in [2.24, 2.45) is 5.41 Å². The molecule has 5 heteroatoms. The minimum Gasteiger partial charge on any atom is -0.507 e. The first-order valence-electron chi connectivity index (χ1n) is 10.3. The summed E-state index contributed by atoms with van der Waals surface area (Å²) in [5.74, 6) is 0.270. The minimum atomic E-state index is -4.38. The fourth-order valence-corrected chi connectivity index (χ4v) is 5.81. The van der Waals surface area contributed by atoms with Crippen LogP contribution in [0.1, 0.15) is 68.7 Å². The number of phenolic OH excluding ortho intramolecular Hbond substituents is 1. The van der Waals surface area contributed by atoms with E-state index in [9.17, 15) is 18.3 Å².